The Morgan fingerprint density at radius 1 is 0.889 bits per heavy atom. The first-order valence-corrected chi connectivity index (χ1v) is 4.35. The third kappa shape index (κ3) is 3.47. The van der Waals surface area contributed by atoms with Crippen LogP contribution in [-0.2, 0) is 14.6 Å². The van der Waals surface area contributed by atoms with Gasteiger partial charge in [-0.15, -0.1) is 0 Å². The molecule has 0 rings (SSSR count). The van der Waals surface area contributed by atoms with Crippen LogP contribution in [0.1, 0.15) is 20.8 Å². The molecule has 0 spiro atoms. The number of rotatable bonds is 3. The van der Waals surface area contributed by atoms with Crippen molar-refractivity contribution in [3.05, 3.63) is 0 Å². The first-order chi connectivity index (χ1) is 7.63. The zero-order valence-electron chi connectivity index (χ0n) is 9.37. The van der Waals surface area contributed by atoms with Crippen LogP contribution in [0, 0.1) is 0 Å². The molecule has 0 fully saturated rings. The highest BCUT2D eigenvalue weighted by atomic mass is 19.4. The van der Waals surface area contributed by atoms with Crippen molar-refractivity contribution in [2.75, 3.05) is 0 Å². The molecule has 0 amide bonds. The predicted molar refractivity (Wildman–Crippen MR) is 42.9 cm³/mol. The summed E-state index contributed by atoms with van der Waals surface area (Å²) in [6, 6.07) is 0. The van der Waals surface area contributed by atoms with Crippen LogP contribution in [0.3, 0.4) is 0 Å². The molecule has 0 aliphatic heterocycles. The molecule has 0 saturated carbocycles. The lowest BCUT2D eigenvalue weighted by molar-refractivity contribution is -0.375. The zero-order chi connectivity index (χ0) is 15.0. The predicted octanol–water partition coefficient (Wildman–Crippen LogP) is 3.09. The van der Waals surface area contributed by atoms with Gasteiger partial charge >= 0.3 is 24.0 Å². The van der Waals surface area contributed by atoms with Gasteiger partial charge in [-0.2, -0.15) is 35.6 Å². The van der Waals surface area contributed by atoms with Gasteiger partial charge in [-0.1, -0.05) is 0 Å². The lowest BCUT2D eigenvalue weighted by Gasteiger charge is -2.26. The summed E-state index contributed by atoms with van der Waals surface area (Å²) in [5, 5.41) is 0. The second-order valence-electron chi connectivity index (χ2n) is 4.21. The molecule has 0 aliphatic rings. The highest BCUT2D eigenvalue weighted by molar-refractivity contribution is 5.78. The van der Waals surface area contributed by atoms with Crippen molar-refractivity contribution in [1.29, 1.82) is 0 Å². The van der Waals surface area contributed by atoms with E-state index in [4.69, 9.17) is 0 Å². The van der Waals surface area contributed by atoms with E-state index >= 15 is 0 Å². The first-order valence-electron chi connectivity index (χ1n) is 4.35. The van der Waals surface area contributed by atoms with E-state index in [1.165, 1.54) is 20.8 Å². The van der Waals surface area contributed by atoms with Crippen molar-refractivity contribution < 1.29 is 45.3 Å². The maximum absolute atomic E-state index is 12.6. The number of carbonyl (C=O) groups is 1. The van der Waals surface area contributed by atoms with E-state index in [-0.39, 0.29) is 0 Å². The molecule has 0 aromatic carbocycles. The normalized spacial score (nSPS) is 14.6. The molecule has 0 aromatic rings. The average molecular weight is 286 g/mol. The monoisotopic (exact) mass is 286 g/mol. The summed E-state index contributed by atoms with van der Waals surface area (Å²) in [6.45, 7) is 3.58. The minimum absolute atomic E-state index is 1.19. The van der Waals surface area contributed by atoms with Crippen LogP contribution in [0.5, 0.6) is 0 Å². The third-order valence-electron chi connectivity index (χ3n) is 1.37. The van der Waals surface area contributed by atoms with Gasteiger partial charge in [0, 0.05) is 0 Å². The van der Waals surface area contributed by atoms with Gasteiger partial charge in [0.15, 0.2) is 0 Å². The largest absolute Gasteiger partial charge is 0.460 e. The summed E-state index contributed by atoms with van der Waals surface area (Å²) >= 11 is 0. The molecule has 0 bridgehead atoms. The second-order valence-corrected chi connectivity index (χ2v) is 4.21. The minimum atomic E-state index is -6.60. The van der Waals surface area contributed by atoms with Crippen molar-refractivity contribution in [2.45, 2.75) is 44.4 Å². The summed E-state index contributed by atoms with van der Waals surface area (Å²) in [6.07, 6.45) is -6.60. The maximum atomic E-state index is 12.6. The molecule has 0 radical (unpaired) electrons. The molecule has 0 saturated heterocycles. The molecule has 3 nitrogen and oxygen atoms in total. The molecule has 0 heterocycles. The average Bonchev–Trinajstić information content (AvgIpc) is 2.10. The highest BCUT2D eigenvalue weighted by Crippen LogP contribution is 2.47. The quantitative estimate of drug-likeness (QED) is 0.454. The Hall–Kier alpha value is -1.06. The first kappa shape index (κ1) is 16.9. The Bertz CT molecular complexity index is 316. The van der Waals surface area contributed by atoms with Crippen LogP contribution in [0.4, 0.5) is 30.7 Å². The van der Waals surface area contributed by atoms with Gasteiger partial charge < -0.3 is 0 Å². The summed E-state index contributed by atoms with van der Waals surface area (Å²) in [5.74, 6) is -15.8. The molecule has 18 heavy (non-hydrogen) atoms. The van der Waals surface area contributed by atoms with E-state index in [0.717, 1.165) is 0 Å². The van der Waals surface area contributed by atoms with E-state index in [0.29, 0.717) is 0 Å². The van der Waals surface area contributed by atoms with Crippen molar-refractivity contribution in [3.63, 3.8) is 0 Å². The van der Waals surface area contributed by atoms with Crippen LogP contribution in [-0.4, -0.2) is 29.6 Å². The lowest BCUT2D eigenvalue weighted by atomic mass is 10.1. The van der Waals surface area contributed by atoms with Gasteiger partial charge in [-0.3, -0.25) is 4.89 Å². The van der Waals surface area contributed by atoms with Crippen LogP contribution in [0.2, 0.25) is 0 Å². The van der Waals surface area contributed by atoms with Crippen LogP contribution in [0.25, 0.3) is 0 Å². The standard InChI is InChI=1S/C8H9F7O3/c1-5(2,3)18-17-4(16)6(9,10)7(11,12)8(13,14)15/h1-3H3. The SMILES string of the molecule is CC(C)(C)OOC(=O)C(F)(F)C(F)(F)C(F)(F)F. The van der Waals surface area contributed by atoms with Crippen LogP contribution in [0.15, 0.2) is 0 Å². The van der Waals surface area contributed by atoms with E-state index < -0.39 is 29.6 Å². The smallest absolute Gasteiger partial charge is 0.291 e. The van der Waals surface area contributed by atoms with Gasteiger partial charge in [-0.05, 0) is 20.8 Å². The minimum Gasteiger partial charge on any atom is -0.291 e. The highest BCUT2D eigenvalue weighted by Gasteiger charge is 2.77. The Morgan fingerprint density at radius 3 is 1.56 bits per heavy atom. The van der Waals surface area contributed by atoms with Crippen LogP contribution >= 0.6 is 0 Å². The third-order valence-corrected chi connectivity index (χ3v) is 1.37. The van der Waals surface area contributed by atoms with E-state index in [2.05, 4.69) is 9.78 Å². The van der Waals surface area contributed by atoms with Crippen molar-refractivity contribution >= 4 is 5.97 Å². The van der Waals surface area contributed by atoms with Gasteiger partial charge in [0.2, 0.25) is 0 Å². The van der Waals surface area contributed by atoms with Crippen LogP contribution < -0.4 is 0 Å². The lowest BCUT2D eigenvalue weighted by Crippen LogP contribution is -2.56. The maximum Gasteiger partial charge on any atom is 0.460 e. The summed E-state index contributed by atoms with van der Waals surface area (Å²) in [5.41, 5.74) is -1.35. The van der Waals surface area contributed by atoms with Crippen molar-refractivity contribution in [3.8, 4) is 0 Å². The molecule has 10 heteroatoms. The summed E-state index contributed by atoms with van der Waals surface area (Å²) in [7, 11) is 0. The fourth-order valence-corrected chi connectivity index (χ4v) is 0.521. The molecule has 0 aromatic heterocycles. The summed E-state index contributed by atoms with van der Waals surface area (Å²) < 4.78 is 85.0. The number of hydrogen-bond acceptors (Lipinski definition) is 3. The number of halogens is 7. The topological polar surface area (TPSA) is 35.5 Å². The molecule has 0 aliphatic carbocycles. The van der Waals surface area contributed by atoms with E-state index in [9.17, 15) is 35.5 Å². The molecule has 0 N–H and O–H groups in total. The van der Waals surface area contributed by atoms with E-state index in [1.807, 2.05) is 0 Å². The molecule has 0 atom stereocenters. The van der Waals surface area contributed by atoms with Gasteiger partial charge in [-0.25, -0.2) is 4.79 Å². The Labute approximate surface area is 96.8 Å². The Balaban J connectivity index is 4.99. The molecular formula is C8H9F7O3. The van der Waals surface area contributed by atoms with Gasteiger partial charge in [0.1, 0.15) is 5.60 Å². The number of carbonyl (C=O) groups excluding carboxylic acids is 1. The second kappa shape index (κ2) is 4.56. The number of alkyl halides is 7. The van der Waals surface area contributed by atoms with Gasteiger partial charge in [0.25, 0.3) is 0 Å². The fourth-order valence-electron chi connectivity index (χ4n) is 0.521. The number of hydrogen-bond donors (Lipinski definition) is 0. The molecule has 0 unspecified atom stereocenters. The van der Waals surface area contributed by atoms with Gasteiger partial charge in [0.05, 0.1) is 0 Å². The van der Waals surface area contributed by atoms with Crippen molar-refractivity contribution in [2.24, 2.45) is 0 Å². The Kier molecular flexibility index (Phi) is 4.29. The van der Waals surface area contributed by atoms with Crippen molar-refractivity contribution in [1.82, 2.24) is 0 Å². The fraction of sp³-hybridized carbons (Fsp3) is 0.875. The summed E-state index contributed by atoms with van der Waals surface area (Å²) in [4.78, 5) is 17.8. The van der Waals surface area contributed by atoms with E-state index in [1.54, 1.807) is 0 Å². The molecule has 108 valence electrons. The Morgan fingerprint density at radius 2 is 1.28 bits per heavy atom. The molecular weight excluding hydrogens is 277 g/mol. The zero-order valence-corrected chi connectivity index (χ0v) is 9.37.